The van der Waals surface area contributed by atoms with Gasteiger partial charge in [0.25, 0.3) is 0 Å². The highest BCUT2D eigenvalue weighted by atomic mass is 79.9. The smallest absolute Gasteiger partial charge is 0.138 e. The van der Waals surface area contributed by atoms with Crippen molar-refractivity contribution in [3.63, 3.8) is 0 Å². The fourth-order valence-corrected chi connectivity index (χ4v) is 3.56. The van der Waals surface area contributed by atoms with Crippen molar-refractivity contribution in [1.82, 2.24) is 0 Å². The van der Waals surface area contributed by atoms with E-state index in [0.29, 0.717) is 0 Å². The summed E-state index contributed by atoms with van der Waals surface area (Å²) in [6, 6.07) is 15.0. The summed E-state index contributed by atoms with van der Waals surface area (Å²) in [6.45, 7) is 0.763. The zero-order valence-electron chi connectivity index (χ0n) is 13.8. The number of rotatable bonds is 8. The maximum atomic E-state index is 13.3. The Labute approximate surface area is 151 Å². The minimum absolute atomic E-state index is 0.0102. The first-order valence-corrected chi connectivity index (χ1v) is 9.72. The third-order valence-corrected chi connectivity index (χ3v) is 4.94. The third kappa shape index (κ3) is 4.17. The Morgan fingerprint density at radius 2 is 1.75 bits per heavy atom. The van der Waals surface area contributed by atoms with E-state index in [1.807, 2.05) is 18.2 Å². The van der Waals surface area contributed by atoms with E-state index in [0.717, 1.165) is 36.2 Å². The number of para-hydroxylation sites is 1. The van der Waals surface area contributed by atoms with Crippen LogP contribution in [-0.4, -0.2) is 18.2 Å². The van der Waals surface area contributed by atoms with Gasteiger partial charge in [0.1, 0.15) is 12.0 Å². The SMILES string of the molecule is Fc1ccc(N2c3ccccc3CC2OCCCCCCBr)cc1. The summed E-state index contributed by atoms with van der Waals surface area (Å²) < 4.78 is 19.4. The number of hydrogen-bond donors (Lipinski definition) is 0. The van der Waals surface area contributed by atoms with Gasteiger partial charge in [0.2, 0.25) is 0 Å². The molecule has 1 unspecified atom stereocenters. The van der Waals surface area contributed by atoms with E-state index in [1.54, 1.807) is 0 Å². The molecule has 0 aliphatic carbocycles. The van der Waals surface area contributed by atoms with Gasteiger partial charge in [-0.3, -0.25) is 0 Å². The Hall–Kier alpha value is -1.39. The molecular weight excluding hydrogens is 369 g/mol. The maximum Gasteiger partial charge on any atom is 0.138 e. The van der Waals surface area contributed by atoms with Crippen LogP contribution in [0.3, 0.4) is 0 Å². The van der Waals surface area contributed by atoms with Crippen LogP contribution in [0, 0.1) is 5.82 Å². The van der Waals surface area contributed by atoms with E-state index >= 15 is 0 Å². The van der Waals surface area contributed by atoms with Gasteiger partial charge in [-0.05, 0) is 48.7 Å². The fourth-order valence-electron chi connectivity index (χ4n) is 3.16. The van der Waals surface area contributed by atoms with Crippen molar-refractivity contribution in [2.24, 2.45) is 0 Å². The second-order valence-corrected chi connectivity index (χ2v) is 6.90. The molecule has 0 saturated carbocycles. The molecule has 0 radical (unpaired) electrons. The predicted molar refractivity (Wildman–Crippen MR) is 101 cm³/mol. The summed E-state index contributed by atoms with van der Waals surface area (Å²) in [5.74, 6) is -0.213. The Morgan fingerprint density at radius 3 is 2.54 bits per heavy atom. The summed E-state index contributed by atoms with van der Waals surface area (Å²) in [5, 5.41) is 1.07. The zero-order valence-corrected chi connectivity index (χ0v) is 15.3. The lowest BCUT2D eigenvalue weighted by molar-refractivity contribution is 0.0609. The molecular formula is C20H23BrFNO. The van der Waals surface area contributed by atoms with Crippen LogP contribution in [0.15, 0.2) is 48.5 Å². The number of benzene rings is 2. The van der Waals surface area contributed by atoms with Gasteiger partial charge in [-0.2, -0.15) is 0 Å². The van der Waals surface area contributed by atoms with Crippen LogP contribution in [0.1, 0.15) is 31.2 Å². The highest BCUT2D eigenvalue weighted by Crippen LogP contribution is 2.38. The molecule has 2 nitrogen and oxygen atoms in total. The normalized spacial score (nSPS) is 16.4. The quantitative estimate of drug-likeness (QED) is 0.415. The molecule has 0 amide bonds. The molecule has 0 aromatic heterocycles. The second-order valence-electron chi connectivity index (χ2n) is 6.11. The van der Waals surface area contributed by atoms with E-state index in [9.17, 15) is 4.39 Å². The summed E-state index contributed by atoms with van der Waals surface area (Å²) >= 11 is 3.46. The largest absolute Gasteiger partial charge is 0.358 e. The number of halogens is 2. The topological polar surface area (TPSA) is 12.5 Å². The van der Waals surface area contributed by atoms with Crippen molar-refractivity contribution in [1.29, 1.82) is 0 Å². The molecule has 1 heterocycles. The van der Waals surface area contributed by atoms with Crippen molar-refractivity contribution in [2.45, 2.75) is 38.3 Å². The zero-order chi connectivity index (χ0) is 16.8. The minimum Gasteiger partial charge on any atom is -0.358 e. The summed E-state index contributed by atoms with van der Waals surface area (Å²) in [6.07, 6.45) is 5.59. The number of fused-ring (bicyclic) bond motifs is 1. The predicted octanol–water partition coefficient (Wildman–Crippen LogP) is 5.82. The van der Waals surface area contributed by atoms with E-state index in [-0.39, 0.29) is 12.0 Å². The van der Waals surface area contributed by atoms with E-state index in [1.165, 1.54) is 37.0 Å². The van der Waals surface area contributed by atoms with Crippen LogP contribution in [0.25, 0.3) is 0 Å². The molecule has 24 heavy (non-hydrogen) atoms. The molecule has 0 saturated heterocycles. The Bertz CT molecular complexity index is 646. The number of nitrogens with zero attached hydrogens (tertiary/aromatic N) is 1. The summed E-state index contributed by atoms with van der Waals surface area (Å²) in [5.41, 5.74) is 3.42. The Morgan fingerprint density at radius 1 is 1.00 bits per heavy atom. The molecule has 0 bridgehead atoms. The van der Waals surface area contributed by atoms with Gasteiger partial charge < -0.3 is 9.64 Å². The highest BCUT2D eigenvalue weighted by Gasteiger charge is 2.30. The van der Waals surface area contributed by atoms with Gasteiger partial charge in [-0.1, -0.05) is 47.0 Å². The molecule has 3 rings (SSSR count). The van der Waals surface area contributed by atoms with Crippen LogP contribution < -0.4 is 4.90 Å². The monoisotopic (exact) mass is 391 g/mol. The first-order chi connectivity index (χ1) is 11.8. The lowest BCUT2D eigenvalue weighted by atomic mass is 10.1. The molecule has 2 aromatic rings. The highest BCUT2D eigenvalue weighted by molar-refractivity contribution is 9.09. The van der Waals surface area contributed by atoms with Gasteiger partial charge in [0.15, 0.2) is 0 Å². The molecule has 1 atom stereocenters. The average molecular weight is 392 g/mol. The molecule has 4 heteroatoms. The van der Waals surface area contributed by atoms with E-state index in [4.69, 9.17) is 4.74 Å². The Kier molecular flexibility index (Phi) is 6.27. The van der Waals surface area contributed by atoms with Crippen LogP contribution in [0.2, 0.25) is 0 Å². The lowest BCUT2D eigenvalue weighted by Gasteiger charge is -2.27. The van der Waals surface area contributed by atoms with Crippen molar-refractivity contribution >= 4 is 27.3 Å². The van der Waals surface area contributed by atoms with E-state index in [2.05, 4.69) is 39.0 Å². The first-order valence-electron chi connectivity index (χ1n) is 8.60. The van der Waals surface area contributed by atoms with Crippen LogP contribution in [-0.2, 0) is 11.2 Å². The van der Waals surface area contributed by atoms with Gasteiger partial charge in [-0.25, -0.2) is 4.39 Å². The van der Waals surface area contributed by atoms with Gasteiger partial charge in [0.05, 0.1) is 0 Å². The van der Waals surface area contributed by atoms with Gasteiger partial charge >= 0.3 is 0 Å². The molecule has 1 aliphatic rings. The second kappa shape index (κ2) is 8.63. The number of unbranched alkanes of at least 4 members (excludes halogenated alkanes) is 3. The van der Waals surface area contributed by atoms with Crippen LogP contribution >= 0.6 is 15.9 Å². The van der Waals surface area contributed by atoms with Crippen molar-refractivity contribution < 1.29 is 9.13 Å². The molecule has 2 aromatic carbocycles. The molecule has 128 valence electrons. The number of hydrogen-bond acceptors (Lipinski definition) is 2. The first kappa shape index (κ1) is 17.4. The van der Waals surface area contributed by atoms with Crippen molar-refractivity contribution in [3.8, 4) is 0 Å². The number of alkyl halides is 1. The van der Waals surface area contributed by atoms with Crippen LogP contribution in [0.5, 0.6) is 0 Å². The number of ether oxygens (including phenoxy) is 1. The van der Waals surface area contributed by atoms with E-state index < -0.39 is 0 Å². The molecule has 1 aliphatic heterocycles. The maximum absolute atomic E-state index is 13.3. The van der Waals surface area contributed by atoms with Gasteiger partial charge in [0, 0.05) is 29.7 Å². The fraction of sp³-hybridized carbons (Fsp3) is 0.400. The summed E-state index contributed by atoms with van der Waals surface area (Å²) in [7, 11) is 0. The molecule has 0 spiro atoms. The molecule has 0 N–H and O–H groups in total. The van der Waals surface area contributed by atoms with Crippen molar-refractivity contribution in [2.75, 3.05) is 16.8 Å². The summed E-state index contributed by atoms with van der Waals surface area (Å²) in [4.78, 5) is 2.19. The number of anilines is 2. The minimum atomic E-state index is -0.213. The molecule has 0 fully saturated rings. The third-order valence-electron chi connectivity index (χ3n) is 4.38. The van der Waals surface area contributed by atoms with Crippen molar-refractivity contribution in [3.05, 3.63) is 59.9 Å². The standard InChI is InChI=1S/C20H23BrFNO/c21-13-5-1-2-6-14-24-20-15-16-7-3-4-8-19(16)23(20)18-11-9-17(22)10-12-18/h3-4,7-12,20H,1-2,5-6,13-15H2. The van der Waals surface area contributed by atoms with Crippen LogP contribution in [0.4, 0.5) is 15.8 Å². The average Bonchev–Trinajstić information content (AvgIpc) is 2.97. The lowest BCUT2D eigenvalue weighted by Crippen LogP contribution is -2.30. The van der Waals surface area contributed by atoms with Gasteiger partial charge in [-0.15, -0.1) is 0 Å². The Balaban J connectivity index is 1.68.